The van der Waals surface area contributed by atoms with Gasteiger partial charge in [-0.1, -0.05) is 0 Å². The minimum absolute atomic E-state index is 0.128. The lowest BCUT2D eigenvalue weighted by Crippen LogP contribution is -2.32. The number of amides is 2. The van der Waals surface area contributed by atoms with Crippen molar-refractivity contribution in [2.45, 2.75) is 39.9 Å². The maximum Gasteiger partial charge on any atom is 0.280 e. The molecular weight excluding hydrogens is 509 g/mol. The molecule has 12 heteroatoms. The minimum Gasteiger partial charge on any atom is -0.330 e. The molecule has 0 spiro atoms. The first-order chi connectivity index (χ1) is 18.2. The number of rotatable bonds is 5. The van der Waals surface area contributed by atoms with Crippen LogP contribution in [0.1, 0.15) is 35.5 Å². The first-order valence-corrected chi connectivity index (χ1v) is 12.8. The molecule has 0 radical (unpaired) electrons. The van der Waals surface area contributed by atoms with Gasteiger partial charge in [0.1, 0.15) is 29.5 Å². The summed E-state index contributed by atoms with van der Waals surface area (Å²) in [5.41, 5.74) is 5.32. The molecule has 1 aromatic carbocycles. The number of thiazole rings is 1. The molecule has 0 saturated heterocycles. The van der Waals surface area contributed by atoms with Crippen LogP contribution in [0, 0.1) is 12.7 Å². The highest BCUT2D eigenvalue weighted by atomic mass is 32.1. The zero-order valence-electron chi connectivity index (χ0n) is 20.7. The van der Waals surface area contributed by atoms with Crippen LogP contribution in [-0.4, -0.2) is 46.9 Å². The fraction of sp³-hybridized carbons (Fsp3) is 0.231. The number of nitrogens with one attached hydrogen (secondary N) is 1. The quantitative estimate of drug-likeness (QED) is 0.371. The number of carbonyl (C=O) groups is 2. The van der Waals surface area contributed by atoms with Gasteiger partial charge in [-0.15, -0.1) is 11.3 Å². The summed E-state index contributed by atoms with van der Waals surface area (Å²) in [5, 5.41) is 7.25. The molecule has 1 aliphatic heterocycles. The first-order valence-electron chi connectivity index (χ1n) is 11.9. The van der Waals surface area contributed by atoms with Crippen LogP contribution in [0.25, 0.3) is 27.1 Å². The predicted octanol–water partition coefficient (Wildman–Crippen LogP) is 3.62. The number of pyridine rings is 1. The monoisotopic (exact) mass is 531 g/mol. The van der Waals surface area contributed by atoms with E-state index in [-0.39, 0.29) is 42.1 Å². The molecule has 0 fully saturated rings. The number of anilines is 1. The molecule has 0 saturated carbocycles. The molecule has 6 rings (SSSR count). The normalized spacial score (nSPS) is 13.2. The summed E-state index contributed by atoms with van der Waals surface area (Å²) in [6, 6.07) is 8.05. The Bertz CT molecular complexity index is 1820. The first kappa shape index (κ1) is 23.9. The molecule has 0 atom stereocenters. The van der Waals surface area contributed by atoms with Crippen molar-refractivity contribution >= 4 is 44.8 Å². The van der Waals surface area contributed by atoms with E-state index < -0.39 is 17.3 Å². The Morgan fingerprint density at radius 2 is 2.00 bits per heavy atom. The molecule has 1 aliphatic rings. The Labute approximate surface area is 219 Å². The molecule has 2 amide bonds. The van der Waals surface area contributed by atoms with Gasteiger partial charge in [-0.25, -0.2) is 14.4 Å². The molecular formula is C26H22FN7O3S. The average molecular weight is 532 g/mol. The van der Waals surface area contributed by atoms with Crippen LogP contribution in [0.2, 0.25) is 0 Å². The standard InChI is InChI=1S/C26H22FN7O3S/c1-13(2)32-10-17-24(26(32)37)33(11-22(35)30-21-5-4-15(27)9-28-21)23-8-18(31-34(23)25(17)36)16-7-20-19(6-14(16)3)29-12-38-20/h4-9,12-13H,10-11H2,1-3H3,(H,28,30,35). The van der Waals surface area contributed by atoms with Crippen LogP contribution in [-0.2, 0) is 17.9 Å². The smallest absolute Gasteiger partial charge is 0.280 e. The van der Waals surface area contributed by atoms with Crippen molar-refractivity contribution in [1.29, 1.82) is 0 Å². The number of fused-ring (bicyclic) bond motifs is 3. The third kappa shape index (κ3) is 3.84. The highest BCUT2D eigenvalue weighted by Gasteiger charge is 2.36. The molecule has 0 aliphatic carbocycles. The van der Waals surface area contributed by atoms with E-state index in [9.17, 15) is 18.8 Å². The number of aryl methyl sites for hydroxylation is 1. The Morgan fingerprint density at radius 1 is 1.18 bits per heavy atom. The Morgan fingerprint density at radius 3 is 2.74 bits per heavy atom. The van der Waals surface area contributed by atoms with E-state index in [2.05, 4.69) is 20.4 Å². The summed E-state index contributed by atoms with van der Waals surface area (Å²) < 4.78 is 17.0. The van der Waals surface area contributed by atoms with Gasteiger partial charge in [0.15, 0.2) is 0 Å². The van der Waals surface area contributed by atoms with Crippen LogP contribution in [0.5, 0.6) is 0 Å². The fourth-order valence-electron chi connectivity index (χ4n) is 4.75. The van der Waals surface area contributed by atoms with Crippen molar-refractivity contribution in [1.82, 2.24) is 29.0 Å². The van der Waals surface area contributed by atoms with Crippen molar-refractivity contribution in [3.63, 3.8) is 0 Å². The van der Waals surface area contributed by atoms with E-state index in [1.165, 1.54) is 32.6 Å². The van der Waals surface area contributed by atoms with Gasteiger partial charge in [-0.2, -0.15) is 9.61 Å². The molecule has 5 heterocycles. The zero-order chi connectivity index (χ0) is 26.7. The van der Waals surface area contributed by atoms with E-state index in [1.807, 2.05) is 32.9 Å². The van der Waals surface area contributed by atoms with E-state index >= 15 is 0 Å². The summed E-state index contributed by atoms with van der Waals surface area (Å²) >= 11 is 1.50. The summed E-state index contributed by atoms with van der Waals surface area (Å²) in [6.07, 6.45) is 1.00. The van der Waals surface area contributed by atoms with Crippen molar-refractivity contribution in [3.8, 4) is 11.3 Å². The van der Waals surface area contributed by atoms with Gasteiger partial charge in [0.05, 0.1) is 39.7 Å². The summed E-state index contributed by atoms with van der Waals surface area (Å²) in [5.74, 6) is -1.17. The maximum atomic E-state index is 13.5. The van der Waals surface area contributed by atoms with E-state index in [1.54, 1.807) is 16.5 Å². The van der Waals surface area contributed by atoms with Crippen LogP contribution in [0.3, 0.4) is 0 Å². The van der Waals surface area contributed by atoms with Crippen LogP contribution in [0.15, 0.2) is 46.8 Å². The average Bonchev–Trinajstić information content (AvgIpc) is 3.60. The van der Waals surface area contributed by atoms with Gasteiger partial charge in [-0.3, -0.25) is 14.4 Å². The molecule has 0 unspecified atom stereocenters. The van der Waals surface area contributed by atoms with Crippen LogP contribution >= 0.6 is 11.3 Å². The molecule has 10 nitrogen and oxygen atoms in total. The Hall–Kier alpha value is -4.45. The molecule has 4 aromatic heterocycles. The number of halogens is 1. The minimum atomic E-state index is -0.527. The number of nitrogens with zero attached hydrogens (tertiary/aromatic N) is 6. The van der Waals surface area contributed by atoms with Gasteiger partial charge in [-0.05, 0) is 50.6 Å². The van der Waals surface area contributed by atoms with Crippen molar-refractivity contribution in [3.05, 3.63) is 75.0 Å². The Balaban J connectivity index is 1.50. The van der Waals surface area contributed by atoms with Crippen molar-refractivity contribution in [2.24, 2.45) is 0 Å². The molecule has 38 heavy (non-hydrogen) atoms. The van der Waals surface area contributed by atoms with Crippen molar-refractivity contribution < 1.29 is 14.0 Å². The molecule has 192 valence electrons. The number of benzene rings is 1. The largest absolute Gasteiger partial charge is 0.330 e. The zero-order valence-corrected chi connectivity index (χ0v) is 21.5. The number of hydrogen-bond acceptors (Lipinski definition) is 7. The number of aromatic nitrogens is 5. The third-order valence-electron chi connectivity index (χ3n) is 6.64. The highest BCUT2D eigenvalue weighted by Crippen LogP contribution is 2.31. The summed E-state index contributed by atoms with van der Waals surface area (Å²) in [4.78, 5) is 49.8. The lowest BCUT2D eigenvalue weighted by Gasteiger charge is -2.20. The Kier molecular flexibility index (Phi) is 5.56. The highest BCUT2D eigenvalue weighted by molar-refractivity contribution is 7.16. The van der Waals surface area contributed by atoms with Crippen LogP contribution in [0.4, 0.5) is 10.2 Å². The number of hydrogen-bond donors (Lipinski definition) is 1. The van der Waals surface area contributed by atoms with E-state index in [0.717, 1.165) is 27.5 Å². The second-order valence-electron chi connectivity index (χ2n) is 9.44. The fourth-order valence-corrected chi connectivity index (χ4v) is 5.45. The van der Waals surface area contributed by atoms with E-state index in [0.29, 0.717) is 11.3 Å². The lowest BCUT2D eigenvalue weighted by atomic mass is 10.1. The second kappa shape index (κ2) is 8.84. The molecule has 1 N–H and O–H groups in total. The second-order valence-corrected chi connectivity index (χ2v) is 10.3. The topological polar surface area (TPSA) is 114 Å². The van der Waals surface area contributed by atoms with E-state index in [4.69, 9.17) is 0 Å². The maximum absolute atomic E-state index is 13.5. The number of carbonyl (C=O) groups excluding carboxylic acids is 2. The summed E-state index contributed by atoms with van der Waals surface area (Å²) in [6.45, 7) is 5.53. The third-order valence-corrected chi connectivity index (χ3v) is 7.43. The van der Waals surface area contributed by atoms with Gasteiger partial charge in [0.25, 0.3) is 11.5 Å². The van der Waals surface area contributed by atoms with Gasteiger partial charge < -0.3 is 14.8 Å². The predicted molar refractivity (Wildman–Crippen MR) is 141 cm³/mol. The SMILES string of the molecule is Cc1cc2ncsc2cc1-c1cc2n(CC(=O)Nc3ccc(F)cn3)c3c(c(=O)n2n1)CN(C(C)C)C3=O. The van der Waals surface area contributed by atoms with Crippen LogP contribution < -0.4 is 10.9 Å². The molecule has 5 aromatic rings. The lowest BCUT2D eigenvalue weighted by molar-refractivity contribution is -0.116. The van der Waals surface area contributed by atoms with Gasteiger partial charge >= 0.3 is 0 Å². The van der Waals surface area contributed by atoms with Gasteiger partial charge in [0, 0.05) is 17.7 Å². The van der Waals surface area contributed by atoms with Crippen molar-refractivity contribution in [2.75, 3.05) is 5.32 Å². The summed E-state index contributed by atoms with van der Waals surface area (Å²) in [7, 11) is 0. The van der Waals surface area contributed by atoms with Gasteiger partial charge in [0.2, 0.25) is 5.91 Å². The molecule has 0 bridgehead atoms.